The molecule has 2 rings (SSSR count). The minimum atomic E-state index is 0.237. The number of likely N-dealkylation sites (N-methyl/N-ethyl adjacent to an activating group) is 1. The minimum absolute atomic E-state index is 0.237. The van der Waals surface area contributed by atoms with Gasteiger partial charge in [-0.25, -0.2) is 0 Å². The fraction of sp³-hybridized carbons (Fsp3) is 0.467. The van der Waals surface area contributed by atoms with Gasteiger partial charge in [-0.1, -0.05) is 13.0 Å². The summed E-state index contributed by atoms with van der Waals surface area (Å²) in [7, 11) is 2.00. The Morgan fingerprint density at radius 3 is 2.74 bits per heavy atom. The summed E-state index contributed by atoms with van der Waals surface area (Å²) < 4.78 is 1.96. The molecule has 1 atom stereocenters. The van der Waals surface area contributed by atoms with E-state index in [1.807, 2.05) is 30.9 Å². The van der Waals surface area contributed by atoms with Gasteiger partial charge in [0.2, 0.25) is 0 Å². The van der Waals surface area contributed by atoms with Crippen molar-refractivity contribution in [3.8, 4) is 0 Å². The Hall–Kier alpha value is -1.68. The number of hydrogen-bond acceptors (Lipinski definition) is 3. The summed E-state index contributed by atoms with van der Waals surface area (Å²) in [4.78, 5) is 4.54. The van der Waals surface area contributed by atoms with Crippen molar-refractivity contribution in [3.05, 3.63) is 47.0 Å². The van der Waals surface area contributed by atoms with Gasteiger partial charge in [-0.05, 0) is 38.1 Å². The lowest BCUT2D eigenvalue weighted by atomic mass is 10.0. The van der Waals surface area contributed by atoms with Gasteiger partial charge in [0.05, 0.1) is 17.4 Å². The quantitative estimate of drug-likeness (QED) is 0.895. The standard InChI is InChI=1S/C15H22N4/c1-5-16-14(15-11(2)7-6-8-17-15)10-13-9-12(3)18-19(13)4/h6-9,14,16H,5,10H2,1-4H3. The third-order valence-electron chi connectivity index (χ3n) is 3.34. The summed E-state index contributed by atoms with van der Waals surface area (Å²) in [6.07, 6.45) is 2.77. The number of rotatable bonds is 5. The maximum atomic E-state index is 4.54. The fourth-order valence-corrected chi connectivity index (χ4v) is 2.44. The van der Waals surface area contributed by atoms with Crippen molar-refractivity contribution in [1.82, 2.24) is 20.1 Å². The lowest BCUT2D eigenvalue weighted by molar-refractivity contribution is 0.515. The molecule has 1 unspecified atom stereocenters. The first-order valence-corrected chi connectivity index (χ1v) is 6.76. The van der Waals surface area contributed by atoms with Crippen molar-refractivity contribution < 1.29 is 0 Å². The van der Waals surface area contributed by atoms with Gasteiger partial charge in [0, 0.05) is 25.4 Å². The van der Waals surface area contributed by atoms with E-state index in [0.717, 1.165) is 24.4 Å². The summed E-state index contributed by atoms with van der Waals surface area (Å²) in [6.45, 7) is 7.19. The highest BCUT2D eigenvalue weighted by atomic mass is 15.3. The first-order valence-electron chi connectivity index (χ1n) is 6.76. The molecule has 0 spiro atoms. The van der Waals surface area contributed by atoms with E-state index in [4.69, 9.17) is 0 Å². The number of aromatic nitrogens is 3. The summed E-state index contributed by atoms with van der Waals surface area (Å²) in [5.41, 5.74) is 4.65. The molecule has 0 saturated heterocycles. The smallest absolute Gasteiger partial charge is 0.0606 e. The molecule has 0 aromatic carbocycles. The average Bonchev–Trinajstić information content (AvgIpc) is 2.68. The average molecular weight is 258 g/mol. The van der Waals surface area contributed by atoms with Crippen LogP contribution in [0.3, 0.4) is 0 Å². The molecule has 0 aliphatic rings. The molecule has 0 radical (unpaired) electrons. The molecule has 0 aliphatic heterocycles. The maximum absolute atomic E-state index is 4.54. The molecule has 2 heterocycles. The largest absolute Gasteiger partial charge is 0.309 e. The molecule has 4 nitrogen and oxygen atoms in total. The minimum Gasteiger partial charge on any atom is -0.309 e. The highest BCUT2D eigenvalue weighted by Gasteiger charge is 2.16. The lowest BCUT2D eigenvalue weighted by Gasteiger charge is -2.19. The summed E-state index contributed by atoms with van der Waals surface area (Å²) in [6, 6.07) is 6.47. The van der Waals surface area contributed by atoms with Crippen LogP contribution < -0.4 is 5.32 Å². The molecular formula is C15H22N4. The predicted molar refractivity (Wildman–Crippen MR) is 77.0 cm³/mol. The van der Waals surface area contributed by atoms with E-state index in [1.54, 1.807) is 0 Å². The second-order valence-electron chi connectivity index (χ2n) is 4.92. The monoisotopic (exact) mass is 258 g/mol. The topological polar surface area (TPSA) is 42.7 Å². The third kappa shape index (κ3) is 3.20. The predicted octanol–water partition coefficient (Wildman–Crippen LogP) is 2.33. The Balaban J connectivity index is 2.26. The van der Waals surface area contributed by atoms with Gasteiger partial charge in [0.25, 0.3) is 0 Å². The molecule has 19 heavy (non-hydrogen) atoms. The summed E-state index contributed by atoms with van der Waals surface area (Å²) >= 11 is 0. The molecule has 2 aromatic heterocycles. The highest BCUT2D eigenvalue weighted by Crippen LogP contribution is 2.19. The Labute approximate surface area is 114 Å². The molecule has 0 saturated carbocycles. The number of nitrogens with one attached hydrogen (secondary N) is 1. The first kappa shape index (κ1) is 13.7. The molecule has 1 N–H and O–H groups in total. The lowest BCUT2D eigenvalue weighted by Crippen LogP contribution is -2.25. The second kappa shape index (κ2) is 5.97. The van der Waals surface area contributed by atoms with Gasteiger partial charge < -0.3 is 5.32 Å². The molecule has 102 valence electrons. The highest BCUT2D eigenvalue weighted by molar-refractivity contribution is 5.23. The van der Waals surface area contributed by atoms with E-state index in [9.17, 15) is 0 Å². The van der Waals surface area contributed by atoms with Crippen LogP contribution >= 0.6 is 0 Å². The zero-order valence-corrected chi connectivity index (χ0v) is 12.1. The number of aryl methyl sites for hydroxylation is 3. The van der Waals surface area contributed by atoms with E-state index >= 15 is 0 Å². The second-order valence-corrected chi connectivity index (χ2v) is 4.92. The zero-order valence-electron chi connectivity index (χ0n) is 12.1. The molecule has 0 fully saturated rings. The van der Waals surface area contributed by atoms with Crippen LogP contribution in [0.15, 0.2) is 24.4 Å². The third-order valence-corrected chi connectivity index (χ3v) is 3.34. The van der Waals surface area contributed by atoms with Crippen molar-refractivity contribution in [1.29, 1.82) is 0 Å². The molecule has 4 heteroatoms. The first-order chi connectivity index (χ1) is 9.11. The van der Waals surface area contributed by atoms with Gasteiger partial charge in [-0.3, -0.25) is 9.67 Å². The van der Waals surface area contributed by atoms with Crippen molar-refractivity contribution in [2.45, 2.75) is 33.2 Å². The van der Waals surface area contributed by atoms with Crippen molar-refractivity contribution in [2.75, 3.05) is 6.54 Å². The van der Waals surface area contributed by atoms with Gasteiger partial charge in [-0.15, -0.1) is 0 Å². The van der Waals surface area contributed by atoms with E-state index in [2.05, 4.69) is 41.4 Å². The maximum Gasteiger partial charge on any atom is 0.0606 e. The SMILES string of the molecule is CCNC(Cc1cc(C)nn1C)c1ncccc1C. The van der Waals surface area contributed by atoms with Gasteiger partial charge in [0.15, 0.2) is 0 Å². The van der Waals surface area contributed by atoms with Crippen LogP contribution in [0.1, 0.15) is 35.6 Å². The van der Waals surface area contributed by atoms with E-state index in [0.29, 0.717) is 0 Å². The summed E-state index contributed by atoms with van der Waals surface area (Å²) in [5.74, 6) is 0. The molecule has 0 bridgehead atoms. The van der Waals surface area contributed by atoms with Crippen LogP contribution in [0.5, 0.6) is 0 Å². The van der Waals surface area contributed by atoms with E-state index < -0.39 is 0 Å². The molecule has 0 aliphatic carbocycles. The van der Waals surface area contributed by atoms with Crippen LogP contribution in [0.4, 0.5) is 0 Å². The van der Waals surface area contributed by atoms with Crippen LogP contribution in [-0.2, 0) is 13.5 Å². The normalized spacial score (nSPS) is 12.6. The van der Waals surface area contributed by atoms with Crippen LogP contribution in [0.2, 0.25) is 0 Å². The van der Waals surface area contributed by atoms with E-state index in [1.165, 1.54) is 11.3 Å². The van der Waals surface area contributed by atoms with Crippen molar-refractivity contribution in [2.24, 2.45) is 7.05 Å². The number of hydrogen-bond donors (Lipinski definition) is 1. The summed E-state index contributed by atoms with van der Waals surface area (Å²) in [5, 5.41) is 7.93. The molecule has 0 amide bonds. The molecular weight excluding hydrogens is 236 g/mol. The van der Waals surface area contributed by atoms with Gasteiger partial charge in [-0.2, -0.15) is 5.10 Å². The Kier molecular flexibility index (Phi) is 4.32. The fourth-order valence-electron chi connectivity index (χ4n) is 2.44. The number of pyridine rings is 1. The Bertz CT molecular complexity index is 545. The zero-order chi connectivity index (χ0) is 13.8. The van der Waals surface area contributed by atoms with Crippen LogP contribution in [-0.4, -0.2) is 21.3 Å². The van der Waals surface area contributed by atoms with Crippen molar-refractivity contribution >= 4 is 0 Å². The Morgan fingerprint density at radius 1 is 1.37 bits per heavy atom. The van der Waals surface area contributed by atoms with Crippen molar-refractivity contribution in [3.63, 3.8) is 0 Å². The van der Waals surface area contributed by atoms with Crippen LogP contribution in [0, 0.1) is 13.8 Å². The van der Waals surface area contributed by atoms with Gasteiger partial charge in [0.1, 0.15) is 0 Å². The Morgan fingerprint density at radius 2 is 2.16 bits per heavy atom. The molecule has 2 aromatic rings. The number of nitrogens with zero attached hydrogens (tertiary/aromatic N) is 3. The van der Waals surface area contributed by atoms with Crippen LogP contribution in [0.25, 0.3) is 0 Å². The van der Waals surface area contributed by atoms with E-state index in [-0.39, 0.29) is 6.04 Å². The van der Waals surface area contributed by atoms with Gasteiger partial charge >= 0.3 is 0 Å².